The van der Waals surface area contributed by atoms with Crippen molar-refractivity contribution in [3.05, 3.63) is 35.7 Å². The summed E-state index contributed by atoms with van der Waals surface area (Å²) in [4.78, 5) is 31.1. The normalized spacial score (nSPS) is 17.1. The van der Waals surface area contributed by atoms with Crippen molar-refractivity contribution in [3.63, 3.8) is 0 Å². The molecule has 1 aliphatic heterocycles. The van der Waals surface area contributed by atoms with E-state index in [1.165, 1.54) is 0 Å². The molecule has 2 amide bonds. The van der Waals surface area contributed by atoms with Crippen molar-refractivity contribution in [3.8, 4) is 11.5 Å². The Kier molecular flexibility index (Phi) is 6.20. The van der Waals surface area contributed by atoms with E-state index in [-0.39, 0.29) is 11.9 Å². The summed E-state index contributed by atoms with van der Waals surface area (Å²) in [6, 6.07) is 7.09. The number of carbonyl (C=O) groups excluding carboxylic acids is 2. The van der Waals surface area contributed by atoms with Crippen LogP contribution >= 0.6 is 0 Å². The van der Waals surface area contributed by atoms with Gasteiger partial charge in [0.25, 0.3) is 11.8 Å². The molecule has 1 aromatic heterocycles. The number of hydrogen-bond acceptors (Lipinski definition) is 6. The number of hydrogen-bond donors (Lipinski definition) is 1. The first kappa shape index (κ1) is 20.8. The summed E-state index contributed by atoms with van der Waals surface area (Å²) in [5.41, 5.74) is 0.809. The predicted molar refractivity (Wildman–Crippen MR) is 107 cm³/mol. The van der Waals surface area contributed by atoms with Gasteiger partial charge < -0.3 is 19.5 Å². The molecule has 2 aromatic rings. The molecular formula is C21H28N4O4. The first-order chi connectivity index (χ1) is 13.7. The first-order valence-electron chi connectivity index (χ1n) is 9.91. The number of benzene rings is 1. The molecule has 1 N–H and O–H groups in total. The quantitative estimate of drug-likeness (QED) is 0.843. The van der Waals surface area contributed by atoms with E-state index in [9.17, 15) is 9.59 Å². The molecule has 29 heavy (non-hydrogen) atoms. The number of nitrogens with one attached hydrogen (secondary N) is 1. The SMILES string of the molecule is Cc1noc(-c2ccc(C(=O)N3CCCCC3CNC(=O)OC(C)(C)C)cc2)n1. The molecule has 3 rings (SSSR count). The number of amides is 2. The minimum atomic E-state index is -0.551. The molecule has 1 fully saturated rings. The molecule has 0 spiro atoms. The number of alkyl carbamates (subject to hydrolysis) is 1. The van der Waals surface area contributed by atoms with Crippen LogP contribution in [-0.2, 0) is 4.74 Å². The largest absolute Gasteiger partial charge is 0.444 e. The Labute approximate surface area is 170 Å². The summed E-state index contributed by atoms with van der Waals surface area (Å²) in [5, 5.41) is 6.58. The van der Waals surface area contributed by atoms with Gasteiger partial charge >= 0.3 is 6.09 Å². The van der Waals surface area contributed by atoms with E-state index in [4.69, 9.17) is 9.26 Å². The number of ether oxygens (including phenoxy) is 1. The van der Waals surface area contributed by atoms with Crippen LogP contribution < -0.4 is 5.32 Å². The van der Waals surface area contributed by atoms with Gasteiger partial charge in [-0.25, -0.2) is 4.79 Å². The number of carbonyl (C=O) groups is 2. The summed E-state index contributed by atoms with van der Waals surface area (Å²) >= 11 is 0. The van der Waals surface area contributed by atoms with Gasteiger partial charge in [0.05, 0.1) is 0 Å². The standard InChI is InChI=1S/C21H28N4O4/c1-14-23-18(29-24-14)15-8-10-16(11-9-15)19(26)25-12-6-5-7-17(25)13-22-20(27)28-21(2,3)4/h8-11,17H,5-7,12-13H2,1-4H3,(H,22,27). The highest BCUT2D eigenvalue weighted by Gasteiger charge is 2.28. The number of aromatic nitrogens is 2. The van der Waals surface area contributed by atoms with E-state index in [2.05, 4.69) is 15.5 Å². The van der Waals surface area contributed by atoms with Crippen molar-refractivity contribution in [2.24, 2.45) is 0 Å². The molecule has 8 heteroatoms. The Hall–Kier alpha value is -2.90. The maximum absolute atomic E-state index is 13.1. The van der Waals surface area contributed by atoms with Crippen LogP contribution in [-0.4, -0.2) is 51.8 Å². The van der Waals surface area contributed by atoms with Crippen molar-refractivity contribution in [2.75, 3.05) is 13.1 Å². The van der Waals surface area contributed by atoms with E-state index in [0.717, 1.165) is 24.8 Å². The average Bonchev–Trinajstić information content (AvgIpc) is 3.11. The lowest BCUT2D eigenvalue weighted by molar-refractivity contribution is 0.0462. The third-order valence-corrected chi connectivity index (χ3v) is 4.68. The van der Waals surface area contributed by atoms with E-state index in [1.807, 2.05) is 25.7 Å². The molecule has 1 unspecified atom stereocenters. The first-order valence-corrected chi connectivity index (χ1v) is 9.91. The summed E-state index contributed by atoms with van der Waals surface area (Å²) in [6.07, 6.45) is 2.36. The molecule has 0 saturated carbocycles. The van der Waals surface area contributed by atoms with Gasteiger partial charge in [0.2, 0.25) is 0 Å². The van der Waals surface area contributed by atoms with E-state index < -0.39 is 11.7 Å². The molecule has 1 aromatic carbocycles. The second-order valence-corrected chi connectivity index (χ2v) is 8.26. The number of aryl methyl sites for hydroxylation is 1. The number of likely N-dealkylation sites (tertiary alicyclic amines) is 1. The minimum absolute atomic E-state index is 0.0473. The molecule has 8 nitrogen and oxygen atoms in total. The van der Waals surface area contributed by atoms with Crippen molar-refractivity contribution >= 4 is 12.0 Å². The number of rotatable bonds is 4. The minimum Gasteiger partial charge on any atom is -0.444 e. The van der Waals surface area contributed by atoms with Gasteiger partial charge in [0.1, 0.15) is 5.60 Å². The van der Waals surface area contributed by atoms with E-state index in [1.54, 1.807) is 31.2 Å². The van der Waals surface area contributed by atoms with Crippen LogP contribution in [0.3, 0.4) is 0 Å². The predicted octanol–water partition coefficient (Wildman–Crippen LogP) is 3.56. The zero-order valence-corrected chi connectivity index (χ0v) is 17.4. The second kappa shape index (κ2) is 8.63. The summed E-state index contributed by atoms with van der Waals surface area (Å²) in [7, 11) is 0. The molecular weight excluding hydrogens is 372 g/mol. The smallest absolute Gasteiger partial charge is 0.407 e. The molecule has 156 valence electrons. The van der Waals surface area contributed by atoms with Crippen LogP contribution in [0.1, 0.15) is 56.2 Å². The topological polar surface area (TPSA) is 97.6 Å². The maximum atomic E-state index is 13.1. The number of nitrogens with zero attached hydrogens (tertiary/aromatic N) is 3. The monoisotopic (exact) mass is 400 g/mol. The summed E-state index contributed by atoms with van der Waals surface area (Å²) in [6.45, 7) is 8.27. The van der Waals surface area contributed by atoms with Gasteiger partial charge in [-0.2, -0.15) is 4.98 Å². The number of piperidine rings is 1. The Bertz CT molecular complexity index is 854. The third-order valence-electron chi connectivity index (χ3n) is 4.68. The Morgan fingerprint density at radius 2 is 1.97 bits per heavy atom. The van der Waals surface area contributed by atoms with Crippen molar-refractivity contribution in [1.82, 2.24) is 20.4 Å². The highest BCUT2D eigenvalue weighted by Crippen LogP contribution is 2.22. The van der Waals surface area contributed by atoms with E-state index in [0.29, 0.717) is 30.4 Å². The summed E-state index contributed by atoms with van der Waals surface area (Å²) in [5.74, 6) is 0.946. The Morgan fingerprint density at radius 1 is 1.24 bits per heavy atom. The molecule has 0 aliphatic carbocycles. The van der Waals surface area contributed by atoms with Gasteiger partial charge in [-0.05, 0) is 71.2 Å². The zero-order chi connectivity index (χ0) is 21.0. The fourth-order valence-corrected chi connectivity index (χ4v) is 3.33. The molecule has 1 atom stereocenters. The fraction of sp³-hybridized carbons (Fsp3) is 0.524. The molecule has 0 bridgehead atoms. The third kappa shape index (κ3) is 5.56. The van der Waals surface area contributed by atoms with Gasteiger partial charge in [0, 0.05) is 30.3 Å². The van der Waals surface area contributed by atoms with Gasteiger partial charge in [0.15, 0.2) is 5.82 Å². The van der Waals surface area contributed by atoms with Gasteiger partial charge in [-0.3, -0.25) is 4.79 Å². The summed E-state index contributed by atoms with van der Waals surface area (Å²) < 4.78 is 10.5. The maximum Gasteiger partial charge on any atom is 0.407 e. The van der Waals surface area contributed by atoms with Crippen LogP contribution in [0.2, 0.25) is 0 Å². The fourth-order valence-electron chi connectivity index (χ4n) is 3.33. The highest BCUT2D eigenvalue weighted by molar-refractivity contribution is 5.95. The van der Waals surface area contributed by atoms with Gasteiger partial charge in [-0.1, -0.05) is 5.16 Å². The highest BCUT2D eigenvalue weighted by atomic mass is 16.6. The molecule has 0 radical (unpaired) electrons. The van der Waals surface area contributed by atoms with Crippen LogP contribution in [0.4, 0.5) is 4.79 Å². The van der Waals surface area contributed by atoms with Gasteiger partial charge in [-0.15, -0.1) is 0 Å². The van der Waals surface area contributed by atoms with Crippen LogP contribution in [0.15, 0.2) is 28.8 Å². The van der Waals surface area contributed by atoms with Crippen molar-refractivity contribution in [1.29, 1.82) is 0 Å². The lowest BCUT2D eigenvalue weighted by Crippen LogP contribution is -2.50. The lowest BCUT2D eigenvalue weighted by atomic mass is 10.0. The van der Waals surface area contributed by atoms with Crippen LogP contribution in [0, 0.1) is 6.92 Å². The van der Waals surface area contributed by atoms with Crippen LogP contribution in [0.5, 0.6) is 0 Å². The Balaban J connectivity index is 1.65. The average molecular weight is 400 g/mol. The zero-order valence-electron chi connectivity index (χ0n) is 17.4. The second-order valence-electron chi connectivity index (χ2n) is 8.26. The van der Waals surface area contributed by atoms with Crippen molar-refractivity contribution in [2.45, 2.75) is 58.6 Å². The molecule has 2 heterocycles. The Morgan fingerprint density at radius 3 is 2.59 bits per heavy atom. The van der Waals surface area contributed by atoms with Crippen LogP contribution in [0.25, 0.3) is 11.5 Å². The van der Waals surface area contributed by atoms with E-state index >= 15 is 0 Å². The molecule has 1 saturated heterocycles. The molecule has 1 aliphatic rings. The van der Waals surface area contributed by atoms with Crippen molar-refractivity contribution < 1.29 is 18.8 Å². The lowest BCUT2D eigenvalue weighted by Gasteiger charge is -2.36.